The number of carbonyl (C=O) groups excluding carboxylic acids is 1. The summed E-state index contributed by atoms with van der Waals surface area (Å²) in [5.74, 6) is -3.25. The molecule has 1 heterocycles. The molecule has 0 aliphatic heterocycles. The fourth-order valence-electron chi connectivity index (χ4n) is 2.14. The van der Waals surface area contributed by atoms with Gasteiger partial charge in [-0.1, -0.05) is 6.07 Å². The number of hydrogen-bond acceptors (Lipinski definition) is 4. The van der Waals surface area contributed by atoms with Gasteiger partial charge in [0, 0.05) is 24.9 Å². The van der Waals surface area contributed by atoms with Crippen molar-refractivity contribution in [3.8, 4) is 0 Å². The summed E-state index contributed by atoms with van der Waals surface area (Å²) in [7, 11) is 0. The number of nitrogens with zero attached hydrogens (tertiary/aromatic N) is 2. The lowest BCUT2D eigenvalue weighted by Crippen LogP contribution is -2.32. The highest BCUT2D eigenvalue weighted by molar-refractivity contribution is 7.07. The van der Waals surface area contributed by atoms with Gasteiger partial charge in [-0.15, -0.1) is 11.3 Å². The van der Waals surface area contributed by atoms with Crippen molar-refractivity contribution in [1.29, 1.82) is 0 Å². The van der Waals surface area contributed by atoms with E-state index in [0.717, 1.165) is 17.8 Å². The van der Waals surface area contributed by atoms with Gasteiger partial charge in [-0.25, -0.2) is 13.8 Å². The molecule has 1 amide bonds. The number of aryl methyl sites for hydroxylation is 1. The number of aliphatic carboxylic acids is 1. The molecule has 0 aliphatic rings. The number of amides is 1. The summed E-state index contributed by atoms with van der Waals surface area (Å²) in [5, 5.41) is 10.7. The smallest absolute Gasteiger partial charge is 0.305 e. The van der Waals surface area contributed by atoms with Gasteiger partial charge in [-0.3, -0.25) is 9.59 Å². The molecule has 0 fully saturated rings. The minimum absolute atomic E-state index is 0.00419. The van der Waals surface area contributed by atoms with Crippen LogP contribution >= 0.6 is 11.3 Å². The molecule has 24 heavy (non-hydrogen) atoms. The summed E-state index contributed by atoms with van der Waals surface area (Å²) in [6.07, 6.45) is 0.406. The first-order valence-electron chi connectivity index (χ1n) is 7.26. The predicted molar refractivity (Wildman–Crippen MR) is 84.5 cm³/mol. The van der Waals surface area contributed by atoms with Gasteiger partial charge in [0.1, 0.15) is 0 Å². The second-order valence-corrected chi connectivity index (χ2v) is 5.91. The Balaban J connectivity index is 2.03. The third-order valence-corrected chi connectivity index (χ3v) is 4.02. The molecule has 8 heteroatoms. The largest absolute Gasteiger partial charge is 0.481 e. The summed E-state index contributed by atoms with van der Waals surface area (Å²) < 4.78 is 26.3. The molecule has 1 aromatic heterocycles. The molecular weight excluding hydrogens is 338 g/mol. The lowest BCUT2D eigenvalue weighted by molar-refractivity contribution is -0.138. The highest BCUT2D eigenvalue weighted by Crippen LogP contribution is 2.13. The van der Waals surface area contributed by atoms with E-state index in [0.29, 0.717) is 12.0 Å². The first kappa shape index (κ1) is 18.0. The van der Waals surface area contributed by atoms with Crippen molar-refractivity contribution in [2.75, 3.05) is 6.54 Å². The molecular formula is C16H16F2N2O3S. The van der Waals surface area contributed by atoms with Crippen molar-refractivity contribution in [2.45, 2.75) is 25.8 Å². The van der Waals surface area contributed by atoms with E-state index in [1.54, 1.807) is 5.51 Å². The second kappa shape index (κ2) is 8.49. The molecule has 1 N–H and O–H groups in total. The maximum atomic E-state index is 13.3. The van der Waals surface area contributed by atoms with Crippen LogP contribution in [0.4, 0.5) is 8.78 Å². The lowest BCUT2D eigenvalue weighted by Gasteiger charge is -2.22. The van der Waals surface area contributed by atoms with E-state index in [4.69, 9.17) is 5.11 Å². The summed E-state index contributed by atoms with van der Waals surface area (Å²) in [4.78, 5) is 28.5. The van der Waals surface area contributed by atoms with Gasteiger partial charge < -0.3 is 10.0 Å². The average molecular weight is 354 g/mol. The molecule has 0 radical (unpaired) electrons. The fraction of sp³-hybridized carbons (Fsp3) is 0.312. The Labute approximate surface area is 141 Å². The molecule has 0 atom stereocenters. The van der Waals surface area contributed by atoms with Crippen LogP contribution in [0.15, 0.2) is 29.1 Å². The summed E-state index contributed by atoms with van der Waals surface area (Å²) in [5.41, 5.74) is 2.86. The number of hydrogen-bond donors (Lipinski definition) is 1. The Hall–Kier alpha value is -2.35. The molecule has 5 nitrogen and oxygen atoms in total. The molecule has 0 spiro atoms. The quantitative estimate of drug-likeness (QED) is 0.791. The zero-order chi connectivity index (χ0) is 17.5. The third kappa shape index (κ3) is 5.38. The number of halogens is 2. The predicted octanol–water partition coefficient (Wildman–Crippen LogP) is 2.86. The molecule has 128 valence electrons. The van der Waals surface area contributed by atoms with Crippen LogP contribution in [0.2, 0.25) is 0 Å². The zero-order valence-electron chi connectivity index (χ0n) is 12.7. The molecule has 0 unspecified atom stereocenters. The van der Waals surface area contributed by atoms with E-state index in [-0.39, 0.29) is 31.8 Å². The van der Waals surface area contributed by atoms with Crippen molar-refractivity contribution >= 4 is 23.2 Å². The van der Waals surface area contributed by atoms with E-state index in [1.807, 2.05) is 5.38 Å². The first-order chi connectivity index (χ1) is 11.5. The highest BCUT2D eigenvalue weighted by Gasteiger charge is 2.16. The molecule has 1 aromatic carbocycles. The molecule has 2 rings (SSSR count). The standard InChI is InChI=1S/C16H16F2N2O3S/c17-13-3-1-11(7-14(13)18)8-20(6-5-16(22)23)15(21)4-2-12-9-24-10-19-12/h1,3,7,9-10H,2,4-6,8H2,(H,22,23). The second-order valence-electron chi connectivity index (χ2n) is 5.19. The van der Waals surface area contributed by atoms with Gasteiger partial charge in [0.25, 0.3) is 0 Å². The van der Waals surface area contributed by atoms with Gasteiger partial charge >= 0.3 is 5.97 Å². The van der Waals surface area contributed by atoms with Crippen LogP contribution in [0.5, 0.6) is 0 Å². The molecule has 0 saturated carbocycles. The van der Waals surface area contributed by atoms with Crippen molar-refractivity contribution in [1.82, 2.24) is 9.88 Å². The Bertz CT molecular complexity index is 707. The Morgan fingerprint density at radius 2 is 2.00 bits per heavy atom. The van der Waals surface area contributed by atoms with Crippen molar-refractivity contribution in [3.05, 3.63) is 52.0 Å². The van der Waals surface area contributed by atoms with Crippen LogP contribution in [0.1, 0.15) is 24.1 Å². The van der Waals surface area contributed by atoms with Crippen molar-refractivity contribution in [3.63, 3.8) is 0 Å². The number of carbonyl (C=O) groups is 2. The highest BCUT2D eigenvalue weighted by atomic mass is 32.1. The molecule has 0 saturated heterocycles. The molecule has 2 aromatic rings. The first-order valence-corrected chi connectivity index (χ1v) is 8.20. The normalized spacial score (nSPS) is 10.6. The number of benzene rings is 1. The van der Waals surface area contributed by atoms with Gasteiger partial charge in [-0.05, 0) is 24.1 Å². The van der Waals surface area contributed by atoms with E-state index < -0.39 is 17.6 Å². The van der Waals surface area contributed by atoms with Gasteiger partial charge in [0.05, 0.1) is 17.6 Å². The van der Waals surface area contributed by atoms with Crippen LogP contribution in [0, 0.1) is 11.6 Å². The van der Waals surface area contributed by atoms with Crippen LogP contribution in [-0.2, 0) is 22.6 Å². The summed E-state index contributed by atoms with van der Waals surface area (Å²) in [6, 6.07) is 3.37. The van der Waals surface area contributed by atoms with Crippen LogP contribution in [-0.4, -0.2) is 33.4 Å². The van der Waals surface area contributed by atoms with Gasteiger partial charge in [0.2, 0.25) is 5.91 Å². The number of carboxylic acid groups (broad SMARTS) is 1. The van der Waals surface area contributed by atoms with E-state index >= 15 is 0 Å². The minimum atomic E-state index is -1.03. The maximum Gasteiger partial charge on any atom is 0.305 e. The minimum Gasteiger partial charge on any atom is -0.481 e. The number of rotatable bonds is 8. The summed E-state index contributed by atoms with van der Waals surface area (Å²) >= 11 is 1.43. The van der Waals surface area contributed by atoms with Gasteiger partial charge in [-0.2, -0.15) is 0 Å². The summed E-state index contributed by atoms with van der Waals surface area (Å²) in [6.45, 7) is 0.0323. The average Bonchev–Trinajstić information content (AvgIpc) is 3.05. The van der Waals surface area contributed by atoms with Crippen LogP contribution in [0.3, 0.4) is 0 Å². The number of aromatic nitrogens is 1. The Morgan fingerprint density at radius 1 is 1.21 bits per heavy atom. The van der Waals surface area contributed by atoms with Crippen molar-refractivity contribution in [2.24, 2.45) is 0 Å². The van der Waals surface area contributed by atoms with Gasteiger partial charge in [0.15, 0.2) is 11.6 Å². The van der Waals surface area contributed by atoms with E-state index in [9.17, 15) is 18.4 Å². The SMILES string of the molecule is O=C(O)CCN(Cc1ccc(F)c(F)c1)C(=O)CCc1cscn1. The van der Waals surface area contributed by atoms with Crippen molar-refractivity contribution < 1.29 is 23.5 Å². The van der Waals surface area contributed by atoms with Crippen LogP contribution in [0.25, 0.3) is 0 Å². The zero-order valence-corrected chi connectivity index (χ0v) is 13.6. The maximum absolute atomic E-state index is 13.3. The monoisotopic (exact) mass is 354 g/mol. The van der Waals surface area contributed by atoms with E-state index in [1.165, 1.54) is 22.3 Å². The third-order valence-electron chi connectivity index (χ3n) is 3.38. The molecule has 0 bridgehead atoms. The van der Waals surface area contributed by atoms with Crippen LogP contribution < -0.4 is 0 Å². The fourth-order valence-corrected chi connectivity index (χ4v) is 2.73. The Kier molecular flexibility index (Phi) is 6.36. The number of thiazole rings is 1. The topological polar surface area (TPSA) is 70.5 Å². The lowest BCUT2D eigenvalue weighted by atomic mass is 10.1. The molecule has 0 aliphatic carbocycles. The number of carboxylic acids is 1. The Morgan fingerprint density at radius 3 is 2.62 bits per heavy atom. The van der Waals surface area contributed by atoms with E-state index in [2.05, 4.69) is 4.98 Å².